The van der Waals surface area contributed by atoms with Crippen LogP contribution in [0.15, 0.2) is 30.3 Å². The number of benzene rings is 1. The van der Waals surface area contributed by atoms with Crippen LogP contribution in [0.2, 0.25) is 0 Å². The Morgan fingerprint density at radius 3 is 2.53 bits per heavy atom. The van der Waals surface area contributed by atoms with Crippen LogP contribution in [0, 0.1) is 0 Å². The minimum absolute atomic E-state index is 0.0170. The van der Waals surface area contributed by atoms with E-state index in [0.29, 0.717) is 6.42 Å². The number of hydrogen-bond acceptors (Lipinski definition) is 3. The molecule has 1 aromatic carbocycles. The number of rotatable bonds is 5. The smallest absolute Gasteiger partial charge is 0.314 e. The van der Waals surface area contributed by atoms with Crippen LogP contribution in [0.25, 0.3) is 0 Å². The van der Waals surface area contributed by atoms with Gasteiger partial charge in [-0.15, -0.1) is 0 Å². The first-order chi connectivity index (χ1) is 9.16. The highest BCUT2D eigenvalue weighted by Gasteiger charge is 2.42. The molecule has 3 nitrogen and oxygen atoms in total. The SMILES string of the molecule is CCCCCC1(c2ccccc2)CC(=O)CC(=O)O1. The molecule has 1 heterocycles. The van der Waals surface area contributed by atoms with Gasteiger partial charge < -0.3 is 4.74 Å². The van der Waals surface area contributed by atoms with Gasteiger partial charge in [0.2, 0.25) is 0 Å². The van der Waals surface area contributed by atoms with Gasteiger partial charge in [-0.05, 0) is 18.4 Å². The largest absolute Gasteiger partial charge is 0.453 e. The zero-order valence-corrected chi connectivity index (χ0v) is 11.4. The summed E-state index contributed by atoms with van der Waals surface area (Å²) in [5, 5.41) is 0. The summed E-state index contributed by atoms with van der Waals surface area (Å²) >= 11 is 0. The summed E-state index contributed by atoms with van der Waals surface area (Å²) in [5.74, 6) is -0.409. The molecule has 0 saturated carbocycles. The molecular weight excluding hydrogens is 240 g/mol. The lowest BCUT2D eigenvalue weighted by Crippen LogP contribution is -2.40. The maximum atomic E-state index is 11.8. The second-order valence-corrected chi connectivity index (χ2v) is 5.18. The topological polar surface area (TPSA) is 43.4 Å². The Morgan fingerprint density at radius 2 is 1.89 bits per heavy atom. The lowest BCUT2D eigenvalue weighted by atomic mass is 9.81. The standard InChI is InChI=1S/C16H20O3/c1-2-3-7-10-16(13-8-5-4-6-9-13)12-14(17)11-15(18)19-16/h4-6,8-9H,2-3,7,10-12H2,1H3. The fourth-order valence-corrected chi connectivity index (χ4v) is 2.68. The molecule has 1 aliphatic heterocycles. The summed E-state index contributed by atoms with van der Waals surface area (Å²) in [5.41, 5.74) is 0.204. The monoisotopic (exact) mass is 260 g/mol. The van der Waals surface area contributed by atoms with Gasteiger partial charge in [0.05, 0.1) is 6.42 Å². The maximum Gasteiger partial charge on any atom is 0.314 e. The average Bonchev–Trinajstić information content (AvgIpc) is 2.39. The van der Waals surface area contributed by atoms with Crippen LogP contribution < -0.4 is 0 Å². The molecule has 1 fully saturated rings. The number of ether oxygens (including phenoxy) is 1. The minimum Gasteiger partial charge on any atom is -0.453 e. The van der Waals surface area contributed by atoms with Crippen LogP contribution in [0.3, 0.4) is 0 Å². The predicted octanol–water partition coefficient (Wildman–Crippen LogP) is 3.37. The summed E-state index contributed by atoms with van der Waals surface area (Å²) in [6, 6.07) is 9.65. The molecule has 1 atom stereocenters. The van der Waals surface area contributed by atoms with Crippen molar-refractivity contribution in [2.45, 2.75) is 51.0 Å². The Hall–Kier alpha value is -1.64. The highest BCUT2D eigenvalue weighted by Crippen LogP contribution is 2.38. The molecule has 102 valence electrons. The molecule has 2 rings (SSSR count). The summed E-state index contributed by atoms with van der Waals surface area (Å²) in [4.78, 5) is 23.4. The van der Waals surface area contributed by atoms with Crippen LogP contribution >= 0.6 is 0 Å². The van der Waals surface area contributed by atoms with Crippen LogP contribution in [0.1, 0.15) is 51.0 Å². The highest BCUT2D eigenvalue weighted by molar-refractivity contribution is 5.98. The van der Waals surface area contributed by atoms with Crippen molar-refractivity contribution >= 4 is 11.8 Å². The van der Waals surface area contributed by atoms with Gasteiger partial charge >= 0.3 is 5.97 Å². The summed E-state index contributed by atoms with van der Waals surface area (Å²) in [7, 11) is 0. The molecule has 0 N–H and O–H groups in total. The Balaban J connectivity index is 2.27. The third-order valence-corrected chi connectivity index (χ3v) is 3.62. The van der Waals surface area contributed by atoms with E-state index in [1.165, 1.54) is 0 Å². The quantitative estimate of drug-likeness (QED) is 0.463. The molecule has 1 saturated heterocycles. The van der Waals surface area contributed by atoms with E-state index in [1.807, 2.05) is 30.3 Å². The van der Waals surface area contributed by atoms with Gasteiger partial charge in [-0.2, -0.15) is 0 Å². The highest BCUT2D eigenvalue weighted by atomic mass is 16.6. The molecule has 1 aromatic rings. The lowest BCUT2D eigenvalue weighted by Gasteiger charge is -2.36. The first-order valence-electron chi connectivity index (χ1n) is 6.95. The van der Waals surface area contributed by atoms with Crippen molar-refractivity contribution in [3.63, 3.8) is 0 Å². The van der Waals surface area contributed by atoms with Crippen LogP contribution in [0.4, 0.5) is 0 Å². The van der Waals surface area contributed by atoms with Crippen molar-refractivity contribution in [3.05, 3.63) is 35.9 Å². The van der Waals surface area contributed by atoms with E-state index in [2.05, 4.69) is 6.92 Å². The van der Waals surface area contributed by atoms with Gasteiger partial charge in [-0.3, -0.25) is 9.59 Å². The Labute approximate surface area is 114 Å². The van der Waals surface area contributed by atoms with Gasteiger partial charge in [0.15, 0.2) is 0 Å². The normalized spacial score (nSPS) is 23.2. The number of esters is 1. The van der Waals surface area contributed by atoms with E-state index in [0.717, 1.165) is 31.2 Å². The number of Topliss-reactive ketones (excluding diaryl/α,β-unsaturated/α-hetero) is 1. The number of carbonyl (C=O) groups excluding carboxylic acids is 2. The van der Waals surface area contributed by atoms with Gasteiger partial charge in [0.25, 0.3) is 0 Å². The van der Waals surface area contributed by atoms with E-state index < -0.39 is 11.6 Å². The summed E-state index contributed by atoms with van der Waals surface area (Å²) < 4.78 is 5.62. The number of hydrogen-bond donors (Lipinski definition) is 0. The van der Waals surface area contributed by atoms with Crippen molar-refractivity contribution in [3.8, 4) is 0 Å². The first kappa shape index (κ1) is 13.8. The zero-order chi connectivity index (χ0) is 13.7. The maximum absolute atomic E-state index is 11.8. The molecule has 3 heteroatoms. The number of ketones is 1. The van der Waals surface area contributed by atoms with Crippen molar-refractivity contribution < 1.29 is 14.3 Å². The summed E-state index contributed by atoms with van der Waals surface area (Å²) in [6.07, 6.45) is 4.11. The molecule has 0 aliphatic carbocycles. The minimum atomic E-state index is -0.733. The van der Waals surface area contributed by atoms with E-state index in [4.69, 9.17) is 4.74 Å². The second-order valence-electron chi connectivity index (χ2n) is 5.18. The van der Waals surface area contributed by atoms with Gasteiger partial charge in [-0.1, -0.05) is 50.1 Å². The fourth-order valence-electron chi connectivity index (χ4n) is 2.68. The van der Waals surface area contributed by atoms with Crippen molar-refractivity contribution in [1.29, 1.82) is 0 Å². The van der Waals surface area contributed by atoms with Crippen molar-refractivity contribution in [2.75, 3.05) is 0 Å². The van der Waals surface area contributed by atoms with Crippen molar-refractivity contribution in [1.82, 2.24) is 0 Å². The number of unbranched alkanes of at least 4 members (excludes halogenated alkanes) is 2. The lowest BCUT2D eigenvalue weighted by molar-refractivity contribution is -0.173. The first-order valence-corrected chi connectivity index (χ1v) is 6.95. The average molecular weight is 260 g/mol. The van der Waals surface area contributed by atoms with E-state index in [-0.39, 0.29) is 12.2 Å². The molecule has 0 amide bonds. The van der Waals surface area contributed by atoms with E-state index in [1.54, 1.807) is 0 Å². The molecule has 0 radical (unpaired) electrons. The molecule has 0 bridgehead atoms. The van der Waals surface area contributed by atoms with Crippen molar-refractivity contribution in [2.24, 2.45) is 0 Å². The van der Waals surface area contributed by atoms with Crippen LogP contribution in [0.5, 0.6) is 0 Å². The van der Waals surface area contributed by atoms with Gasteiger partial charge in [-0.25, -0.2) is 0 Å². The van der Waals surface area contributed by atoms with E-state index in [9.17, 15) is 9.59 Å². The predicted molar refractivity (Wildman–Crippen MR) is 72.6 cm³/mol. The Kier molecular flexibility index (Phi) is 4.35. The molecule has 1 aliphatic rings. The third-order valence-electron chi connectivity index (χ3n) is 3.62. The second kappa shape index (κ2) is 6.00. The number of cyclic esters (lactones) is 1. The van der Waals surface area contributed by atoms with Crippen LogP contribution in [-0.4, -0.2) is 11.8 Å². The Morgan fingerprint density at radius 1 is 1.16 bits per heavy atom. The molecule has 19 heavy (non-hydrogen) atoms. The Bertz CT molecular complexity index is 434. The zero-order valence-electron chi connectivity index (χ0n) is 11.4. The number of carbonyl (C=O) groups is 2. The summed E-state index contributed by atoms with van der Waals surface area (Å²) in [6.45, 7) is 2.13. The van der Waals surface area contributed by atoms with Gasteiger partial charge in [0.1, 0.15) is 17.8 Å². The molecule has 1 unspecified atom stereocenters. The molecule has 0 aromatic heterocycles. The van der Waals surface area contributed by atoms with Gasteiger partial charge in [0, 0.05) is 0 Å². The van der Waals surface area contributed by atoms with E-state index >= 15 is 0 Å². The van der Waals surface area contributed by atoms with Crippen LogP contribution in [-0.2, 0) is 19.9 Å². The fraction of sp³-hybridized carbons (Fsp3) is 0.500. The molecule has 0 spiro atoms. The molecular formula is C16H20O3. The third kappa shape index (κ3) is 3.22.